The largest absolute Gasteiger partial charge is 0.377 e. The van der Waals surface area contributed by atoms with E-state index in [-0.39, 0.29) is 24.0 Å². The number of benzene rings is 1. The van der Waals surface area contributed by atoms with E-state index in [1.54, 1.807) is 29.4 Å². The van der Waals surface area contributed by atoms with Gasteiger partial charge in [0.15, 0.2) is 0 Å². The van der Waals surface area contributed by atoms with Crippen molar-refractivity contribution in [3.05, 3.63) is 65.5 Å². The summed E-state index contributed by atoms with van der Waals surface area (Å²) in [6.45, 7) is 6.32. The van der Waals surface area contributed by atoms with Crippen LogP contribution in [0, 0.1) is 18.8 Å². The van der Waals surface area contributed by atoms with Gasteiger partial charge in [-0.3, -0.25) is 19.5 Å². The summed E-state index contributed by atoms with van der Waals surface area (Å²) in [6, 6.07) is 11.7. The molecule has 5 rings (SSSR count). The van der Waals surface area contributed by atoms with Crippen LogP contribution in [0.5, 0.6) is 0 Å². The van der Waals surface area contributed by atoms with E-state index < -0.39 is 6.04 Å². The molecule has 0 bridgehead atoms. The highest BCUT2D eigenvalue weighted by Crippen LogP contribution is 2.30. The van der Waals surface area contributed by atoms with Gasteiger partial charge >= 0.3 is 0 Å². The molecule has 8 nitrogen and oxygen atoms in total. The molecule has 1 aromatic carbocycles. The first-order valence-electron chi connectivity index (χ1n) is 15.1. The Bertz CT molecular complexity index is 1110. The fourth-order valence-electron chi connectivity index (χ4n) is 6.69. The van der Waals surface area contributed by atoms with Crippen molar-refractivity contribution in [3.63, 3.8) is 0 Å². The number of hydrogen-bond donors (Lipinski definition) is 2. The zero-order chi connectivity index (χ0) is 27.9. The third-order valence-electron chi connectivity index (χ3n) is 9.03. The Labute approximate surface area is 238 Å². The van der Waals surface area contributed by atoms with E-state index in [1.165, 1.54) is 17.5 Å². The average Bonchev–Trinajstić information content (AvgIpc) is 3.67. The Kier molecular flexibility index (Phi) is 9.83. The summed E-state index contributed by atoms with van der Waals surface area (Å²) in [5.41, 5.74) is 8.92. The molecule has 2 saturated heterocycles. The van der Waals surface area contributed by atoms with Gasteiger partial charge in [0.2, 0.25) is 5.91 Å². The van der Waals surface area contributed by atoms with Gasteiger partial charge in [0.05, 0.1) is 11.7 Å². The molecule has 0 spiro atoms. The Hall–Kier alpha value is -2.81. The second kappa shape index (κ2) is 13.7. The van der Waals surface area contributed by atoms with Gasteiger partial charge in [-0.25, -0.2) is 0 Å². The summed E-state index contributed by atoms with van der Waals surface area (Å²) in [4.78, 5) is 35.8. The van der Waals surface area contributed by atoms with Crippen LogP contribution < -0.4 is 11.1 Å². The highest BCUT2D eigenvalue weighted by atomic mass is 16.5. The van der Waals surface area contributed by atoms with Gasteiger partial charge in [-0.15, -0.1) is 0 Å². The lowest BCUT2D eigenvalue weighted by atomic mass is 9.81. The predicted octanol–water partition coefficient (Wildman–Crippen LogP) is 3.54. The maximum absolute atomic E-state index is 13.7. The maximum Gasteiger partial charge on any atom is 0.256 e. The van der Waals surface area contributed by atoms with Crippen molar-refractivity contribution in [3.8, 4) is 0 Å². The molecule has 3 N–H and O–H groups in total. The molecule has 5 atom stereocenters. The molecule has 2 aliphatic heterocycles. The first-order valence-corrected chi connectivity index (χ1v) is 15.1. The molecule has 2 amide bonds. The lowest BCUT2D eigenvalue weighted by Crippen LogP contribution is -2.47. The Balaban J connectivity index is 1.33. The topological polar surface area (TPSA) is 101 Å². The number of nitrogens with one attached hydrogen (secondary N) is 1. The Morgan fingerprint density at radius 3 is 2.65 bits per heavy atom. The summed E-state index contributed by atoms with van der Waals surface area (Å²) < 4.78 is 6.02. The molecular weight excluding hydrogens is 502 g/mol. The van der Waals surface area contributed by atoms with Crippen molar-refractivity contribution >= 4 is 11.8 Å². The van der Waals surface area contributed by atoms with E-state index in [2.05, 4.69) is 46.4 Å². The van der Waals surface area contributed by atoms with Gasteiger partial charge < -0.3 is 20.7 Å². The summed E-state index contributed by atoms with van der Waals surface area (Å²) in [7, 11) is 0. The molecule has 1 aromatic heterocycles. The van der Waals surface area contributed by atoms with Gasteiger partial charge in [0.1, 0.15) is 6.04 Å². The van der Waals surface area contributed by atoms with Crippen LogP contribution >= 0.6 is 0 Å². The predicted molar refractivity (Wildman–Crippen MR) is 156 cm³/mol. The number of carbonyl (C=O) groups excluding carboxylic acids is 2. The number of ether oxygens (including phenoxy) is 1. The molecule has 3 aliphatic rings. The highest BCUT2D eigenvalue weighted by molar-refractivity contribution is 5.97. The number of aryl methyl sites for hydroxylation is 1. The number of rotatable bonds is 10. The number of amides is 2. The number of hydrogen-bond acceptors (Lipinski definition) is 6. The normalized spacial score (nSPS) is 26.8. The monoisotopic (exact) mass is 547 g/mol. The standard InChI is InChI=1S/C32H45N5O3/c1-23-9-11-24(12-10-23)20-36(22-29-8-4-14-40-29)28-16-30(37(21-28)32(39)27-7-3-13-34-19-27)31(38)35-18-26-6-2-5-25(15-26)17-33/h3,7,9-13,19,25-26,28-30H,2,4-6,8,14-18,20-22,33H2,1H3,(H,35,38). The molecule has 2 aromatic rings. The van der Waals surface area contributed by atoms with E-state index in [9.17, 15) is 9.59 Å². The fraction of sp³-hybridized carbons (Fsp3) is 0.594. The number of aromatic nitrogens is 1. The first kappa shape index (κ1) is 28.7. The highest BCUT2D eigenvalue weighted by Gasteiger charge is 2.43. The minimum absolute atomic E-state index is 0.0537. The Morgan fingerprint density at radius 2 is 1.93 bits per heavy atom. The van der Waals surface area contributed by atoms with Crippen molar-refractivity contribution in [2.75, 3.05) is 32.8 Å². The number of nitrogens with zero attached hydrogens (tertiary/aromatic N) is 3. The minimum atomic E-state index is -0.517. The smallest absolute Gasteiger partial charge is 0.256 e. The fourth-order valence-corrected chi connectivity index (χ4v) is 6.69. The third kappa shape index (κ3) is 7.28. The van der Waals surface area contributed by atoms with E-state index in [0.717, 1.165) is 51.8 Å². The minimum Gasteiger partial charge on any atom is -0.377 e. The lowest BCUT2D eigenvalue weighted by Gasteiger charge is -2.31. The molecule has 5 unspecified atom stereocenters. The summed E-state index contributed by atoms with van der Waals surface area (Å²) in [5.74, 6) is 0.804. The summed E-state index contributed by atoms with van der Waals surface area (Å²) >= 11 is 0. The Morgan fingerprint density at radius 1 is 1.10 bits per heavy atom. The van der Waals surface area contributed by atoms with E-state index >= 15 is 0 Å². The molecule has 1 saturated carbocycles. The zero-order valence-corrected chi connectivity index (χ0v) is 23.8. The molecular formula is C32H45N5O3. The van der Waals surface area contributed by atoms with Crippen molar-refractivity contribution in [1.82, 2.24) is 20.1 Å². The van der Waals surface area contributed by atoms with Crippen LogP contribution in [-0.2, 0) is 16.1 Å². The van der Waals surface area contributed by atoms with Crippen LogP contribution in [0.1, 0.15) is 66.4 Å². The van der Waals surface area contributed by atoms with Crippen LogP contribution in [0.25, 0.3) is 0 Å². The number of likely N-dealkylation sites (tertiary alicyclic amines) is 1. The van der Waals surface area contributed by atoms with Crippen LogP contribution in [0.2, 0.25) is 0 Å². The average molecular weight is 548 g/mol. The second-order valence-corrected chi connectivity index (χ2v) is 12.0. The van der Waals surface area contributed by atoms with Crippen LogP contribution in [0.3, 0.4) is 0 Å². The second-order valence-electron chi connectivity index (χ2n) is 12.0. The molecule has 8 heteroatoms. The van der Waals surface area contributed by atoms with Gasteiger partial charge in [0, 0.05) is 51.2 Å². The van der Waals surface area contributed by atoms with E-state index in [4.69, 9.17) is 10.5 Å². The van der Waals surface area contributed by atoms with Crippen molar-refractivity contribution in [1.29, 1.82) is 0 Å². The van der Waals surface area contributed by atoms with E-state index in [0.29, 0.717) is 43.5 Å². The number of nitrogens with two attached hydrogens (primary N) is 1. The third-order valence-corrected chi connectivity index (χ3v) is 9.03. The molecule has 40 heavy (non-hydrogen) atoms. The molecule has 0 radical (unpaired) electrons. The van der Waals surface area contributed by atoms with Gasteiger partial charge in [-0.2, -0.15) is 0 Å². The summed E-state index contributed by atoms with van der Waals surface area (Å²) in [6.07, 6.45) is 10.7. The van der Waals surface area contributed by atoms with E-state index in [1.807, 2.05) is 0 Å². The quantitative estimate of drug-likeness (QED) is 0.472. The zero-order valence-electron chi connectivity index (χ0n) is 23.8. The van der Waals surface area contributed by atoms with Crippen molar-refractivity contribution in [2.24, 2.45) is 17.6 Å². The molecule has 216 valence electrons. The SMILES string of the molecule is Cc1ccc(CN(CC2CCCO2)C2CC(C(=O)NCC3CCCC(CN)C3)N(C(=O)c3cccnc3)C2)cc1. The molecule has 3 fully saturated rings. The van der Waals surface area contributed by atoms with Crippen LogP contribution in [-0.4, -0.2) is 77.6 Å². The molecule has 3 heterocycles. The summed E-state index contributed by atoms with van der Waals surface area (Å²) in [5, 5.41) is 3.23. The van der Waals surface area contributed by atoms with Crippen LogP contribution in [0.15, 0.2) is 48.8 Å². The number of carbonyl (C=O) groups is 2. The lowest BCUT2D eigenvalue weighted by molar-refractivity contribution is -0.125. The molecule has 1 aliphatic carbocycles. The van der Waals surface area contributed by atoms with Gasteiger partial charge in [-0.1, -0.05) is 36.2 Å². The maximum atomic E-state index is 13.7. The first-order chi connectivity index (χ1) is 19.5. The van der Waals surface area contributed by atoms with Crippen molar-refractivity contribution < 1.29 is 14.3 Å². The van der Waals surface area contributed by atoms with Crippen LogP contribution in [0.4, 0.5) is 0 Å². The van der Waals surface area contributed by atoms with Gasteiger partial charge in [-0.05, 0) is 81.5 Å². The number of pyridine rings is 1. The van der Waals surface area contributed by atoms with Gasteiger partial charge in [0.25, 0.3) is 5.91 Å². The van der Waals surface area contributed by atoms with Crippen molar-refractivity contribution in [2.45, 2.75) is 76.6 Å².